The first-order valence-corrected chi connectivity index (χ1v) is 9.55. The molecule has 0 saturated heterocycles. The smallest absolute Gasteiger partial charge is 0.407 e. The van der Waals surface area contributed by atoms with Crippen LogP contribution in [0.25, 0.3) is 11.1 Å². The molecule has 1 aliphatic rings. The molecule has 9 heteroatoms. The Morgan fingerprint density at radius 3 is 2.03 bits per heavy atom. The van der Waals surface area contributed by atoms with E-state index in [0.717, 1.165) is 36.1 Å². The third-order valence-corrected chi connectivity index (χ3v) is 5.09. The Hall–Kier alpha value is -3.49. The van der Waals surface area contributed by atoms with Crippen LogP contribution in [-0.2, 0) is 14.3 Å². The molecule has 1 aliphatic carbocycles. The molecule has 0 aliphatic heterocycles. The third kappa shape index (κ3) is 4.65. The average Bonchev–Trinajstić information content (AvgIpc) is 3.04. The van der Waals surface area contributed by atoms with E-state index < -0.39 is 36.0 Å². The SMILES string of the molecule is CC(C)(NC(=O)C(F)(F)CNC(=O)OCC1c2ccccc2-c2ccccc21)C(=O)O. The lowest BCUT2D eigenvalue weighted by atomic mass is 9.98. The lowest BCUT2D eigenvalue weighted by molar-refractivity contribution is -0.153. The van der Waals surface area contributed by atoms with E-state index in [2.05, 4.69) is 0 Å². The van der Waals surface area contributed by atoms with Gasteiger partial charge in [-0.2, -0.15) is 8.78 Å². The highest BCUT2D eigenvalue weighted by Gasteiger charge is 2.43. The van der Waals surface area contributed by atoms with Gasteiger partial charge in [0, 0.05) is 5.92 Å². The topological polar surface area (TPSA) is 105 Å². The van der Waals surface area contributed by atoms with Crippen molar-refractivity contribution < 1.29 is 33.0 Å². The van der Waals surface area contributed by atoms with Crippen LogP contribution in [0.3, 0.4) is 0 Å². The van der Waals surface area contributed by atoms with Crippen molar-refractivity contribution in [1.82, 2.24) is 10.6 Å². The fourth-order valence-electron chi connectivity index (χ4n) is 3.34. The molecule has 0 spiro atoms. The van der Waals surface area contributed by atoms with Crippen molar-refractivity contribution in [2.24, 2.45) is 0 Å². The Balaban J connectivity index is 1.58. The molecule has 0 atom stereocenters. The molecule has 7 nitrogen and oxygen atoms in total. The summed E-state index contributed by atoms with van der Waals surface area (Å²) in [5, 5.41) is 12.5. The molecule has 0 heterocycles. The van der Waals surface area contributed by atoms with Gasteiger partial charge in [-0.1, -0.05) is 48.5 Å². The number of nitrogens with one attached hydrogen (secondary N) is 2. The highest BCUT2D eigenvalue weighted by Crippen LogP contribution is 2.44. The lowest BCUT2D eigenvalue weighted by Gasteiger charge is -2.24. The quantitative estimate of drug-likeness (QED) is 0.624. The van der Waals surface area contributed by atoms with E-state index in [0.29, 0.717) is 0 Å². The average molecular weight is 432 g/mol. The Bertz CT molecular complexity index is 977. The maximum absolute atomic E-state index is 14.0. The van der Waals surface area contributed by atoms with Crippen LogP contribution in [0.2, 0.25) is 0 Å². The minimum Gasteiger partial charge on any atom is -0.480 e. The number of aliphatic carboxylic acids is 1. The second-order valence-electron chi connectivity index (χ2n) is 7.77. The summed E-state index contributed by atoms with van der Waals surface area (Å²) >= 11 is 0. The summed E-state index contributed by atoms with van der Waals surface area (Å²) in [6, 6.07) is 15.3. The number of alkyl halides is 2. The summed E-state index contributed by atoms with van der Waals surface area (Å²) in [7, 11) is 0. The number of carboxylic acids is 1. The molecule has 0 bridgehead atoms. The van der Waals surface area contributed by atoms with Gasteiger partial charge in [0.1, 0.15) is 12.1 Å². The summed E-state index contributed by atoms with van der Waals surface area (Å²) < 4.78 is 33.2. The van der Waals surface area contributed by atoms with E-state index in [1.165, 1.54) is 0 Å². The van der Waals surface area contributed by atoms with Gasteiger partial charge in [0.05, 0.1) is 6.54 Å². The summed E-state index contributed by atoms with van der Waals surface area (Å²) in [6.45, 7) is 0.749. The molecule has 2 aromatic carbocycles. The van der Waals surface area contributed by atoms with E-state index in [1.807, 2.05) is 53.8 Å². The number of ether oxygens (including phenoxy) is 1. The van der Waals surface area contributed by atoms with Gasteiger partial charge in [-0.05, 0) is 36.1 Å². The van der Waals surface area contributed by atoms with Crippen molar-refractivity contribution in [1.29, 1.82) is 0 Å². The normalized spacial score (nSPS) is 13.2. The number of rotatable bonds is 7. The number of amides is 2. The predicted molar refractivity (Wildman–Crippen MR) is 108 cm³/mol. The second kappa shape index (κ2) is 8.33. The van der Waals surface area contributed by atoms with Gasteiger partial charge in [0.25, 0.3) is 5.91 Å². The van der Waals surface area contributed by atoms with Crippen LogP contribution >= 0.6 is 0 Å². The fourth-order valence-corrected chi connectivity index (χ4v) is 3.34. The first-order valence-electron chi connectivity index (χ1n) is 9.55. The van der Waals surface area contributed by atoms with Gasteiger partial charge < -0.3 is 20.5 Å². The van der Waals surface area contributed by atoms with E-state index in [4.69, 9.17) is 9.84 Å². The zero-order valence-electron chi connectivity index (χ0n) is 16.9. The van der Waals surface area contributed by atoms with Gasteiger partial charge in [-0.15, -0.1) is 0 Å². The van der Waals surface area contributed by atoms with Gasteiger partial charge in [0.15, 0.2) is 0 Å². The van der Waals surface area contributed by atoms with Crippen molar-refractivity contribution in [3.05, 3.63) is 59.7 Å². The number of carbonyl (C=O) groups excluding carboxylic acids is 2. The molecular weight excluding hydrogens is 410 g/mol. The van der Waals surface area contributed by atoms with Crippen LogP contribution < -0.4 is 10.6 Å². The Morgan fingerprint density at radius 2 is 1.52 bits per heavy atom. The second-order valence-corrected chi connectivity index (χ2v) is 7.77. The minimum atomic E-state index is -4.02. The Kier molecular flexibility index (Phi) is 5.97. The predicted octanol–water partition coefficient (Wildman–Crippen LogP) is 3.14. The third-order valence-electron chi connectivity index (χ3n) is 5.09. The van der Waals surface area contributed by atoms with Crippen LogP contribution in [0.4, 0.5) is 13.6 Å². The van der Waals surface area contributed by atoms with Crippen molar-refractivity contribution in [3.63, 3.8) is 0 Å². The number of hydrogen-bond acceptors (Lipinski definition) is 4. The van der Waals surface area contributed by atoms with Crippen molar-refractivity contribution in [2.75, 3.05) is 13.2 Å². The van der Waals surface area contributed by atoms with Crippen molar-refractivity contribution in [2.45, 2.75) is 31.2 Å². The van der Waals surface area contributed by atoms with Gasteiger partial charge >= 0.3 is 18.0 Å². The standard InChI is InChI=1S/C22H22F2N2O5/c1-21(2,19(28)29)26-18(27)22(23,24)12-25-20(30)31-11-17-15-9-5-3-7-13(15)14-8-4-6-10-16(14)17/h3-10,17H,11-12H2,1-2H3,(H,25,30)(H,26,27)(H,28,29). The number of carbonyl (C=O) groups is 3. The molecule has 0 radical (unpaired) electrons. The first-order chi connectivity index (χ1) is 14.5. The van der Waals surface area contributed by atoms with E-state index >= 15 is 0 Å². The number of halogens is 2. The van der Waals surface area contributed by atoms with Crippen LogP contribution in [-0.4, -0.2) is 47.7 Å². The van der Waals surface area contributed by atoms with Gasteiger partial charge in [-0.3, -0.25) is 4.79 Å². The summed E-state index contributed by atoms with van der Waals surface area (Å²) in [6.07, 6.45) is -1.10. The van der Waals surface area contributed by atoms with Crippen LogP contribution in [0.5, 0.6) is 0 Å². The van der Waals surface area contributed by atoms with E-state index in [1.54, 1.807) is 5.32 Å². The molecule has 0 fully saturated rings. The zero-order chi connectivity index (χ0) is 22.8. The molecule has 3 N–H and O–H groups in total. The zero-order valence-corrected chi connectivity index (χ0v) is 16.9. The summed E-state index contributed by atoms with van der Waals surface area (Å²) in [4.78, 5) is 34.7. The van der Waals surface area contributed by atoms with Crippen LogP contribution in [0.1, 0.15) is 30.9 Å². The van der Waals surface area contributed by atoms with E-state index in [-0.39, 0.29) is 12.5 Å². The van der Waals surface area contributed by atoms with Gasteiger partial charge in [-0.25, -0.2) is 9.59 Å². The number of carboxylic acid groups (broad SMARTS) is 1. The summed E-state index contributed by atoms with van der Waals surface area (Å²) in [5.74, 6) is -7.53. The molecule has 0 saturated carbocycles. The maximum Gasteiger partial charge on any atom is 0.407 e. The molecule has 2 amide bonds. The molecule has 0 unspecified atom stereocenters. The molecule has 3 rings (SSSR count). The summed E-state index contributed by atoms with van der Waals surface area (Å²) in [5.41, 5.74) is 2.10. The van der Waals surface area contributed by atoms with Crippen molar-refractivity contribution >= 4 is 18.0 Å². The number of hydrogen-bond donors (Lipinski definition) is 3. The number of fused-ring (bicyclic) bond motifs is 3. The largest absolute Gasteiger partial charge is 0.480 e. The molecule has 31 heavy (non-hydrogen) atoms. The Labute approximate surface area is 177 Å². The molecule has 2 aromatic rings. The highest BCUT2D eigenvalue weighted by molar-refractivity contribution is 5.90. The van der Waals surface area contributed by atoms with Gasteiger partial charge in [0.2, 0.25) is 0 Å². The highest BCUT2D eigenvalue weighted by atomic mass is 19.3. The lowest BCUT2D eigenvalue weighted by Crippen LogP contribution is -2.57. The number of benzene rings is 2. The molecule has 164 valence electrons. The molecular formula is C22H22F2N2O5. The van der Waals surface area contributed by atoms with E-state index in [9.17, 15) is 23.2 Å². The van der Waals surface area contributed by atoms with Crippen LogP contribution in [0, 0.1) is 0 Å². The maximum atomic E-state index is 14.0. The number of alkyl carbamates (subject to hydrolysis) is 1. The monoisotopic (exact) mass is 432 g/mol. The van der Waals surface area contributed by atoms with Crippen LogP contribution in [0.15, 0.2) is 48.5 Å². The molecule has 0 aromatic heterocycles. The Morgan fingerprint density at radius 1 is 1.00 bits per heavy atom. The first kappa shape index (κ1) is 22.2. The minimum absolute atomic E-state index is 0.0658. The van der Waals surface area contributed by atoms with Crippen molar-refractivity contribution in [3.8, 4) is 11.1 Å². The fraction of sp³-hybridized carbons (Fsp3) is 0.318.